The Bertz CT molecular complexity index is 136. The fourth-order valence-electron chi connectivity index (χ4n) is 1.94. The third-order valence-electron chi connectivity index (χ3n) is 2.85. The second-order valence-corrected chi connectivity index (χ2v) is 6.33. The molecule has 2 fully saturated rings. The molecule has 2 nitrogen and oxygen atoms in total. The van der Waals surface area contributed by atoms with Crippen molar-refractivity contribution < 1.29 is 0 Å². The van der Waals surface area contributed by atoms with E-state index in [-0.39, 0.29) is 0 Å². The second-order valence-electron chi connectivity index (χ2n) is 4.03. The van der Waals surface area contributed by atoms with Gasteiger partial charge in [-0.05, 0) is 24.3 Å². The van der Waals surface area contributed by atoms with Crippen LogP contribution in [0.4, 0.5) is 0 Å². The van der Waals surface area contributed by atoms with E-state index in [2.05, 4.69) is 34.2 Å². The lowest BCUT2D eigenvalue weighted by Crippen LogP contribution is -2.38. The van der Waals surface area contributed by atoms with Crippen molar-refractivity contribution in [2.45, 2.75) is 24.9 Å². The Hall–Kier alpha value is 0.620. The standard InChI is InChI=1S/C10H20N2S2/c1-5-13-7-9(1)11-3-4-12-10-2-6-14-8-10/h9-12H,1-8H2. The SMILES string of the molecule is C(CNC1CCSC1)NC1CCSC1. The lowest BCUT2D eigenvalue weighted by Gasteiger charge is -2.14. The average Bonchev–Trinajstić information content (AvgIpc) is 2.86. The van der Waals surface area contributed by atoms with Crippen LogP contribution in [0.1, 0.15) is 12.8 Å². The van der Waals surface area contributed by atoms with E-state index in [9.17, 15) is 0 Å². The molecule has 2 aliphatic rings. The molecule has 0 amide bonds. The third-order valence-corrected chi connectivity index (χ3v) is 5.18. The fraction of sp³-hybridized carbons (Fsp3) is 1.00. The molecule has 0 radical (unpaired) electrons. The number of thioether (sulfide) groups is 2. The maximum absolute atomic E-state index is 3.62. The second kappa shape index (κ2) is 6.26. The molecule has 0 spiro atoms. The van der Waals surface area contributed by atoms with Crippen LogP contribution in [-0.2, 0) is 0 Å². The van der Waals surface area contributed by atoms with E-state index < -0.39 is 0 Å². The summed E-state index contributed by atoms with van der Waals surface area (Å²) in [7, 11) is 0. The predicted octanol–water partition coefficient (Wildman–Crippen LogP) is 1.18. The zero-order valence-electron chi connectivity index (χ0n) is 8.63. The van der Waals surface area contributed by atoms with Gasteiger partial charge in [-0.15, -0.1) is 0 Å². The zero-order valence-corrected chi connectivity index (χ0v) is 10.3. The summed E-state index contributed by atoms with van der Waals surface area (Å²) in [6, 6.07) is 1.58. The van der Waals surface area contributed by atoms with E-state index in [0.717, 1.165) is 25.2 Å². The normalized spacial score (nSPS) is 32.6. The van der Waals surface area contributed by atoms with Gasteiger partial charge in [-0.2, -0.15) is 23.5 Å². The predicted molar refractivity (Wildman–Crippen MR) is 67.5 cm³/mol. The van der Waals surface area contributed by atoms with Crippen molar-refractivity contribution in [2.24, 2.45) is 0 Å². The fourth-order valence-corrected chi connectivity index (χ4v) is 4.32. The summed E-state index contributed by atoms with van der Waals surface area (Å²) >= 11 is 4.16. The van der Waals surface area contributed by atoms with Crippen molar-refractivity contribution >= 4 is 23.5 Å². The summed E-state index contributed by atoms with van der Waals surface area (Å²) in [5, 5.41) is 7.23. The first-order valence-corrected chi connectivity index (χ1v) is 7.88. The molecule has 82 valence electrons. The Morgan fingerprint density at radius 1 is 0.857 bits per heavy atom. The van der Waals surface area contributed by atoms with Crippen LogP contribution < -0.4 is 10.6 Å². The minimum Gasteiger partial charge on any atom is -0.312 e. The average molecular weight is 232 g/mol. The Morgan fingerprint density at radius 2 is 1.36 bits per heavy atom. The summed E-state index contributed by atoms with van der Waals surface area (Å²) in [4.78, 5) is 0. The Balaban J connectivity index is 1.46. The minimum absolute atomic E-state index is 0.791. The van der Waals surface area contributed by atoms with Crippen molar-refractivity contribution in [3.8, 4) is 0 Å². The molecule has 0 bridgehead atoms. The molecule has 14 heavy (non-hydrogen) atoms. The molecule has 0 saturated carbocycles. The van der Waals surface area contributed by atoms with Crippen LogP contribution in [0.25, 0.3) is 0 Å². The van der Waals surface area contributed by atoms with Crippen LogP contribution in [0.2, 0.25) is 0 Å². The summed E-state index contributed by atoms with van der Waals surface area (Å²) in [6.07, 6.45) is 2.73. The molecule has 2 aliphatic heterocycles. The monoisotopic (exact) mass is 232 g/mol. The van der Waals surface area contributed by atoms with Gasteiger partial charge in [0.2, 0.25) is 0 Å². The lowest BCUT2D eigenvalue weighted by molar-refractivity contribution is 0.501. The first kappa shape index (κ1) is 11.1. The van der Waals surface area contributed by atoms with Gasteiger partial charge < -0.3 is 10.6 Å². The molecule has 2 saturated heterocycles. The Labute approximate surface area is 95.4 Å². The van der Waals surface area contributed by atoms with Gasteiger partial charge in [0.1, 0.15) is 0 Å². The summed E-state index contributed by atoms with van der Waals surface area (Å²) in [5.41, 5.74) is 0. The van der Waals surface area contributed by atoms with Crippen LogP contribution in [0.3, 0.4) is 0 Å². The number of nitrogens with one attached hydrogen (secondary N) is 2. The molecule has 0 aromatic heterocycles. The van der Waals surface area contributed by atoms with Crippen LogP contribution in [0.15, 0.2) is 0 Å². The van der Waals surface area contributed by atoms with Crippen molar-refractivity contribution in [3.05, 3.63) is 0 Å². The first-order valence-electron chi connectivity index (χ1n) is 5.57. The quantitative estimate of drug-likeness (QED) is 0.695. The Morgan fingerprint density at radius 3 is 1.71 bits per heavy atom. The summed E-state index contributed by atoms with van der Waals surface area (Å²) in [5.74, 6) is 5.34. The van der Waals surface area contributed by atoms with E-state index in [1.54, 1.807) is 0 Å². The Kier molecular flexibility index (Phi) is 4.97. The van der Waals surface area contributed by atoms with Gasteiger partial charge in [-0.25, -0.2) is 0 Å². The van der Waals surface area contributed by atoms with Crippen molar-refractivity contribution in [3.63, 3.8) is 0 Å². The molecule has 2 rings (SSSR count). The molecule has 2 unspecified atom stereocenters. The van der Waals surface area contributed by atoms with E-state index in [1.807, 2.05) is 0 Å². The van der Waals surface area contributed by atoms with E-state index >= 15 is 0 Å². The zero-order chi connectivity index (χ0) is 9.64. The molecule has 0 aliphatic carbocycles. The number of hydrogen-bond donors (Lipinski definition) is 2. The van der Waals surface area contributed by atoms with Gasteiger partial charge >= 0.3 is 0 Å². The molecular formula is C10H20N2S2. The molecule has 2 N–H and O–H groups in total. The van der Waals surface area contributed by atoms with Crippen LogP contribution in [0.5, 0.6) is 0 Å². The molecular weight excluding hydrogens is 212 g/mol. The van der Waals surface area contributed by atoms with Crippen molar-refractivity contribution in [1.29, 1.82) is 0 Å². The van der Waals surface area contributed by atoms with Gasteiger partial charge in [0, 0.05) is 36.7 Å². The lowest BCUT2D eigenvalue weighted by atomic mass is 10.2. The topological polar surface area (TPSA) is 24.1 Å². The maximum Gasteiger partial charge on any atom is 0.0166 e. The molecule has 2 atom stereocenters. The molecule has 0 aromatic carbocycles. The summed E-state index contributed by atoms with van der Waals surface area (Å²) < 4.78 is 0. The van der Waals surface area contributed by atoms with Crippen molar-refractivity contribution in [2.75, 3.05) is 36.1 Å². The van der Waals surface area contributed by atoms with E-state index in [0.29, 0.717) is 0 Å². The van der Waals surface area contributed by atoms with Gasteiger partial charge in [-0.1, -0.05) is 0 Å². The van der Waals surface area contributed by atoms with Gasteiger partial charge in [0.25, 0.3) is 0 Å². The van der Waals surface area contributed by atoms with Crippen molar-refractivity contribution in [1.82, 2.24) is 10.6 Å². The van der Waals surface area contributed by atoms with Gasteiger partial charge in [0.15, 0.2) is 0 Å². The third kappa shape index (κ3) is 3.65. The number of rotatable bonds is 5. The minimum atomic E-state index is 0.791. The highest BCUT2D eigenvalue weighted by Gasteiger charge is 2.16. The van der Waals surface area contributed by atoms with Crippen LogP contribution in [-0.4, -0.2) is 48.2 Å². The van der Waals surface area contributed by atoms with Gasteiger partial charge in [0.05, 0.1) is 0 Å². The van der Waals surface area contributed by atoms with E-state index in [4.69, 9.17) is 0 Å². The molecule has 0 aromatic rings. The van der Waals surface area contributed by atoms with Crippen LogP contribution in [0, 0.1) is 0 Å². The maximum atomic E-state index is 3.62. The van der Waals surface area contributed by atoms with Gasteiger partial charge in [-0.3, -0.25) is 0 Å². The largest absolute Gasteiger partial charge is 0.312 e. The van der Waals surface area contributed by atoms with E-state index in [1.165, 1.54) is 35.9 Å². The highest BCUT2D eigenvalue weighted by molar-refractivity contribution is 7.99. The molecule has 4 heteroatoms. The van der Waals surface area contributed by atoms with Crippen LogP contribution >= 0.6 is 23.5 Å². The number of hydrogen-bond acceptors (Lipinski definition) is 4. The highest BCUT2D eigenvalue weighted by atomic mass is 32.2. The highest BCUT2D eigenvalue weighted by Crippen LogP contribution is 2.17. The summed E-state index contributed by atoms with van der Waals surface area (Å²) in [6.45, 7) is 2.29. The molecule has 2 heterocycles. The first-order chi connectivity index (χ1) is 6.95. The smallest absolute Gasteiger partial charge is 0.0166 e.